The standard InChI is InChI=1S/C19H16N2O/c1-3-7-14(8-4-1)16-11-17(15-9-5-2-6-10-15)13-19-18(12-16)20-22-21-19/h1-11,16H,12-13H2. The fraction of sp³-hybridized carbons (Fsp3) is 0.158. The average Bonchev–Trinajstić information content (AvgIpc) is 2.94. The molecule has 0 spiro atoms. The number of allylic oxidation sites excluding steroid dienone is 2. The van der Waals surface area contributed by atoms with Gasteiger partial charge < -0.3 is 0 Å². The molecule has 4 rings (SSSR count). The molecule has 0 aliphatic heterocycles. The molecule has 1 aliphatic carbocycles. The van der Waals surface area contributed by atoms with E-state index in [0.717, 1.165) is 24.2 Å². The highest BCUT2D eigenvalue weighted by molar-refractivity contribution is 5.69. The first kappa shape index (κ1) is 13.0. The Labute approximate surface area is 129 Å². The molecule has 1 aromatic heterocycles. The molecule has 1 unspecified atom stereocenters. The van der Waals surface area contributed by atoms with Crippen molar-refractivity contribution in [3.63, 3.8) is 0 Å². The maximum atomic E-state index is 4.96. The highest BCUT2D eigenvalue weighted by atomic mass is 16.6. The SMILES string of the molecule is C1=C(c2ccccc2)Cc2nonc2CC1c1ccccc1. The van der Waals surface area contributed by atoms with Crippen LogP contribution in [0.2, 0.25) is 0 Å². The summed E-state index contributed by atoms with van der Waals surface area (Å²) in [6.45, 7) is 0. The summed E-state index contributed by atoms with van der Waals surface area (Å²) >= 11 is 0. The minimum atomic E-state index is 0.296. The molecule has 1 aliphatic rings. The Bertz CT molecular complexity index is 791. The quantitative estimate of drug-likeness (QED) is 0.714. The number of benzene rings is 2. The highest BCUT2D eigenvalue weighted by Crippen LogP contribution is 2.32. The molecular formula is C19H16N2O. The van der Waals surface area contributed by atoms with E-state index in [9.17, 15) is 0 Å². The van der Waals surface area contributed by atoms with Gasteiger partial charge in [0.05, 0.1) is 0 Å². The number of hydrogen-bond acceptors (Lipinski definition) is 3. The molecule has 0 saturated carbocycles. The lowest BCUT2D eigenvalue weighted by molar-refractivity contribution is 0.300. The third-order valence-electron chi connectivity index (χ3n) is 4.18. The molecule has 0 fully saturated rings. The summed E-state index contributed by atoms with van der Waals surface area (Å²) in [4.78, 5) is 0. The van der Waals surface area contributed by atoms with Gasteiger partial charge in [0.2, 0.25) is 0 Å². The first-order valence-corrected chi connectivity index (χ1v) is 7.51. The van der Waals surface area contributed by atoms with E-state index in [1.54, 1.807) is 0 Å². The fourth-order valence-electron chi connectivity index (χ4n) is 3.03. The summed E-state index contributed by atoms with van der Waals surface area (Å²) in [6, 6.07) is 21.0. The second kappa shape index (κ2) is 5.60. The normalized spacial score (nSPS) is 17.5. The number of fused-ring (bicyclic) bond motifs is 1. The van der Waals surface area contributed by atoms with Crippen molar-refractivity contribution in [3.8, 4) is 0 Å². The molecule has 22 heavy (non-hydrogen) atoms. The van der Waals surface area contributed by atoms with Crippen LogP contribution in [0.1, 0.15) is 28.4 Å². The molecule has 3 aromatic rings. The van der Waals surface area contributed by atoms with Crippen molar-refractivity contribution in [2.45, 2.75) is 18.8 Å². The lowest BCUT2D eigenvalue weighted by atomic mass is 9.92. The molecule has 0 saturated heterocycles. The van der Waals surface area contributed by atoms with E-state index < -0.39 is 0 Å². The topological polar surface area (TPSA) is 38.9 Å². The van der Waals surface area contributed by atoms with E-state index >= 15 is 0 Å². The van der Waals surface area contributed by atoms with Crippen molar-refractivity contribution in [2.75, 3.05) is 0 Å². The van der Waals surface area contributed by atoms with Crippen molar-refractivity contribution >= 4 is 5.57 Å². The zero-order valence-electron chi connectivity index (χ0n) is 12.1. The van der Waals surface area contributed by atoms with Crippen LogP contribution >= 0.6 is 0 Å². The largest absolute Gasteiger partial charge is 0.244 e. The summed E-state index contributed by atoms with van der Waals surface area (Å²) in [7, 11) is 0. The summed E-state index contributed by atoms with van der Waals surface area (Å²) < 4.78 is 4.96. The summed E-state index contributed by atoms with van der Waals surface area (Å²) in [6.07, 6.45) is 3.96. The van der Waals surface area contributed by atoms with Gasteiger partial charge in [0.1, 0.15) is 11.4 Å². The summed E-state index contributed by atoms with van der Waals surface area (Å²) in [5, 5.41) is 8.19. The van der Waals surface area contributed by atoms with Crippen molar-refractivity contribution in [3.05, 3.63) is 89.3 Å². The van der Waals surface area contributed by atoms with Crippen molar-refractivity contribution in [1.29, 1.82) is 0 Å². The number of aromatic nitrogens is 2. The molecule has 3 heteroatoms. The van der Waals surface area contributed by atoms with Gasteiger partial charge >= 0.3 is 0 Å². The molecule has 1 atom stereocenters. The summed E-state index contributed by atoms with van der Waals surface area (Å²) in [5.41, 5.74) is 5.74. The Kier molecular flexibility index (Phi) is 3.31. The van der Waals surface area contributed by atoms with Crippen molar-refractivity contribution in [1.82, 2.24) is 10.3 Å². The Hall–Kier alpha value is -2.68. The van der Waals surface area contributed by atoms with Gasteiger partial charge in [0.25, 0.3) is 0 Å². The minimum Gasteiger partial charge on any atom is -0.244 e. The highest BCUT2D eigenvalue weighted by Gasteiger charge is 2.22. The van der Waals surface area contributed by atoms with Crippen LogP contribution in [-0.2, 0) is 12.8 Å². The van der Waals surface area contributed by atoms with Crippen molar-refractivity contribution in [2.24, 2.45) is 0 Å². The first-order chi connectivity index (χ1) is 10.9. The molecule has 0 N–H and O–H groups in total. The predicted octanol–water partition coefficient (Wildman–Crippen LogP) is 4.04. The molecule has 2 aromatic carbocycles. The van der Waals surface area contributed by atoms with E-state index in [4.69, 9.17) is 4.63 Å². The molecule has 0 radical (unpaired) electrons. The van der Waals surface area contributed by atoms with Crippen LogP contribution in [0.5, 0.6) is 0 Å². The lowest BCUT2D eigenvalue weighted by Crippen LogP contribution is -2.00. The monoisotopic (exact) mass is 288 g/mol. The van der Waals surface area contributed by atoms with Crippen LogP contribution in [-0.4, -0.2) is 10.3 Å². The zero-order valence-corrected chi connectivity index (χ0v) is 12.1. The zero-order chi connectivity index (χ0) is 14.8. The maximum absolute atomic E-state index is 4.96. The van der Waals surface area contributed by atoms with Gasteiger partial charge in [0.15, 0.2) is 0 Å². The van der Waals surface area contributed by atoms with E-state index in [1.165, 1.54) is 16.7 Å². The van der Waals surface area contributed by atoms with Crippen LogP contribution < -0.4 is 0 Å². The van der Waals surface area contributed by atoms with Crippen molar-refractivity contribution < 1.29 is 4.63 Å². The van der Waals surface area contributed by atoms with Crippen LogP contribution in [0.15, 0.2) is 71.4 Å². The first-order valence-electron chi connectivity index (χ1n) is 7.51. The van der Waals surface area contributed by atoms with Crippen LogP contribution in [0.25, 0.3) is 5.57 Å². The van der Waals surface area contributed by atoms with Gasteiger partial charge in [-0.3, -0.25) is 0 Å². The Morgan fingerprint density at radius 2 is 1.50 bits per heavy atom. The van der Waals surface area contributed by atoms with Gasteiger partial charge in [-0.1, -0.05) is 77.1 Å². The predicted molar refractivity (Wildman–Crippen MR) is 85.3 cm³/mol. The number of nitrogens with zero attached hydrogens (tertiary/aromatic N) is 2. The lowest BCUT2D eigenvalue weighted by Gasteiger charge is -2.12. The molecule has 0 bridgehead atoms. The van der Waals surface area contributed by atoms with Gasteiger partial charge in [-0.05, 0) is 16.7 Å². The van der Waals surface area contributed by atoms with E-state index in [-0.39, 0.29) is 0 Å². The van der Waals surface area contributed by atoms with Crippen LogP contribution in [0, 0.1) is 0 Å². The van der Waals surface area contributed by atoms with Crippen LogP contribution in [0.3, 0.4) is 0 Å². The number of rotatable bonds is 2. The minimum absolute atomic E-state index is 0.296. The molecule has 0 amide bonds. The van der Waals surface area contributed by atoms with E-state index in [2.05, 4.69) is 64.9 Å². The maximum Gasteiger partial charge on any atom is 0.112 e. The average molecular weight is 288 g/mol. The third-order valence-corrected chi connectivity index (χ3v) is 4.18. The van der Waals surface area contributed by atoms with Gasteiger partial charge in [-0.15, -0.1) is 0 Å². The van der Waals surface area contributed by atoms with E-state index in [0.29, 0.717) is 5.92 Å². The molecule has 1 heterocycles. The van der Waals surface area contributed by atoms with E-state index in [1.807, 2.05) is 12.1 Å². The van der Waals surface area contributed by atoms with Gasteiger partial charge in [-0.2, -0.15) is 0 Å². The smallest absolute Gasteiger partial charge is 0.112 e. The Morgan fingerprint density at radius 1 is 0.818 bits per heavy atom. The van der Waals surface area contributed by atoms with Crippen LogP contribution in [0.4, 0.5) is 0 Å². The molecular weight excluding hydrogens is 272 g/mol. The Balaban J connectivity index is 1.81. The second-order valence-corrected chi connectivity index (χ2v) is 5.61. The van der Waals surface area contributed by atoms with Gasteiger partial charge in [0, 0.05) is 18.8 Å². The Morgan fingerprint density at radius 3 is 2.27 bits per heavy atom. The third kappa shape index (κ3) is 2.46. The second-order valence-electron chi connectivity index (χ2n) is 5.61. The number of hydrogen-bond donors (Lipinski definition) is 0. The molecule has 108 valence electrons. The molecule has 3 nitrogen and oxygen atoms in total. The fourth-order valence-corrected chi connectivity index (χ4v) is 3.03. The van der Waals surface area contributed by atoms with Gasteiger partial charge in [-0.25, -0.2) is 4.63 Å². The summed E-state index contributed by atoms with van der Waals surface area (Å²) in [5.74, 6) is 0.296.